The van der Waals surface area contributed by atoms with E-state index in [1.54, 1.807) is 6.07 Å². The Bertz CT molecular complexity index is 598. The van der Waals surface area contributed by atoms with Gasteiger partial charge in [0.1, 0.15) is 0 Å². The number of carbonyl (C=O) groups excluding carboxylic acids is 1. The number of morpholine rings is 1. The molecule has 2 heterocycles. The second-order valence-corrected chi connectivity index (χ2v) is 6.33. The molecule has 2 saturated heterocycles. The van der Waals surface area contributed by atoms with E-state index in [-0.39, 0.29) is 42.0 Å². The Morgan fingerprint density at radius 2 is 2.33 bits per heavy atom. The first-order chi connectivity index (χ1) is 11.6. The molecule has 1 aromatic rings. The van der Waals surface area contributed by atoms with E-state index in [0.717, 1.165) is 19.5 Å². The molecule has 0 radical (unpaired) electrons. The van der Waals surface area contributed by atoms with Crippen LogP contribution in [0.15, 0.2) is 18.2 Å². The minimum Gasteiger partial charge on any atom is -0.494 e. The zero-order valence-electron chi connectivity index (χ0n) is 13.7. The molecular weight excluding hydrogens is 315 g/mol. The van der Waals surface area contributed by atoms with E-state index in [0.29, 0.717) is 13.0 Å². The van der Waals surface area contributed by atoms with Crippen molar-refractivity contribution in [1.82, 2.24) is 10.2 Å². The minimum atomic E-state index is -0.547. The molecule has 0 bridgehead atoms. The summed E-state index contributed by atoms with van der Waals surface area (Å²) in [4.78, 5) is 14.6. The van der Waals surface area contributed by atoms with Gasteiger partial charge in [-0.1, -0.05) is 0 Å². The molecule has 0 aliphatic carbocycles. The Hall–Kier alpha value is -1.70. The predicted molar refractivity (Wildman–Crippen MR) is 85.6 cm³/mol. The van der Waals surface area contributed by atoms with Gasteiger partial charge in [0, 0.05) is 37.3 Å². The summed E-state index contributed by atoms with van der Waals surface area (Å²) in [5, 5.41) is 12.0. The molecule has 132 valence electrons. The van der Waals surface area contributed by atoms with Gasteiger partial charge in [-0.25, -0.2) is 4.39 Å². The van der Waals surface area contributed by atoms with Crippen molar-refractivity contribution in [3.05, 3.63) is 29.6 Å². The SMILES string of the molecule is COc1ccc(C(=O)N[C@@H]2C[C@H]3CO[C@@H](CCO)CN3C2)cc1F. The van der Waals surface area contributed by atoms with E-state index in [1.807, 2.05) is 0 Å². The lowest BCUT2D eigenvalue weighted by Crippen LogP contribution is -2.46. The first kappa shape index (κ1) is 17.1. The maximum absolute atomic E-state index is 13.7. The summed E-state index contributed by atoms with van der Waals surface area (Å²) >= 11 is 0. The fraction of sp³-hybridized carbons (Fsp3) is 0.588. The van der Waals surface area contributed by atoms with Crippen LogP contribution in [0.3, 0.4) is 0 Å². The maximum Gasteiger partial charge on any atom is 0.251 e. The normalized spacial score (nSPS) is 26.9. The summed E-state index contributed by atoms with van der Waals surface area (Å²) in [6.45, 7) is 2.26. The number of hydrogen-bond acceptors (Lipinski definition) is 5. The highest BCUT2D eigenvalue weighted by Gasteiger charge is 2.37. The number of ether oxygens (including phenoxy) is 2. The van der Waals surface area contributed by atoms with E-state index in [4.69, 9.17) is 14.6 Å². The molecule has 0 aromatic heterocycles. The molecular formula is C17H23FN2O4. The molecule has 3 atom stereocenters. The Balaban J connectivity index is 1.57. The zero-order chi connectivity index (χ0) is 17.1. The number of carbonyl (C=O) groups is 1. The van der Waals surface area contributed by atoms with Crippen LogP contribution < -0.4 is 10.1 Å². The van der Waals surface area contributed by atoms with Crippen LogP contribution in [-0.2, 0) is 4.74 Å². The average molecular weight is 338 g/mol. The number of benzene rings is 1. The fourth-order valence-electron chi connectivity index (χ4n) is 3.44. The number of rotatable bonds is 5. The molecule has 7 heteroatoms. The van der Waals surface area contributed by atoms with Crippen molar-refractivity contribution in [3.63, 3.8) is 0 Å². The molecule has 0 saturated carbocycles. The molecule has 2 fully saturated rings. The monoisotopic (exact) mass is 338 g/mol. The number of halogens is 1. The lowest BCUT2D eigenvalue weighted by Gasteiger charge is -2.34. The van der Waals surface area contributed by atoms with Gasteiger partial charge in [0.15, 0.2) is 11.6 Å². The van der Waals surface area contributed by atoms with Crippen molar-refractivity contribution < 1.29 is 23.8 Å². The highest BCUT2D eigenvalue weighted by molar-refractivity contribution is 5.94. The Morgan fingerprint density at radius 3 is 3.04 bits per heavy atom. The molecule has 0 unspecified atom stereocenters. The van der Waals surface area contributed by atoms with E-state index >= 15 is 0 Å². The maximum atomic E-state index is 13.7. The van der Waals surface area contributed by atoms with Gasteiger partial charge < -0.3 is 19.9 Å². The number of amides is 1. The van der Waals surface area contributed by atoms with E-state index in [2.05, 4.69) is 10.2 Å². The average Bonchev–Trinajstić information content (AvgIpc) is 2.96. The van der Waals surface area contributed by atoms with Gasteiger partial charge >= 0.3 is 0 Å². The number of nitrogens with one attached hydrogen (secondary N) is 1. The smallest absolute Gasteiger partial charge is 0.251 e. The molecule has 2 aliphatic heterocycles. The van der Waals surface area contributed by atoms with Gasteiger partial charge in [-0.05, 0) is 31.0 Å². The van der Waals surface area contributed by atoms with Crippen LogP contribution in [-0.4, -0.2) is 67.5 Å². The molecule has 24 heavy (non-hydrogen) atoms. The second kappa shape index (κ2) is 7.46. The van der Waals surface area contributed by atoms with Crippen molar-refractivity contribution in [2.24, 2.45) is 0 Å². The summed E-state index contributed by atoms with van der Waals surface area (Å²) in [5.74, 6) is -0.708. The summed E-state index contributed by atoms with van der Waals surface area (Å²) < 4.78 is 24.3. The number of aliphatic hydroxyl groups excluding tert-OH is 1. The van der Waals surface area contributed by atoms with Gasteiger partial charge in [0.05, 0.1) is 19.8 Å². The van der Waals surface area contributed by atoms with Gasteiger partial charge in [-0.15, -0.1) is 0 Å². The largest absolute Gasteiger partial charge is 0.494 e. The molecule has 0 spiro atoms. The third-order valence-corrected chi connectivity index (χ3v) is 4.69. The van der Waals surface area contributed by atoms with Gasteiger partial charge in [0.2, 0.25) is 0 Å². The van der Waals surface area contributed by atoms with Crippen LogP contribution in [0, 0.1) is 5.82 Å². The Labute approximate surface area is 140 Å². The molecule has 6 nitrogen and oxygen atoms in total. The second-order valence-electron chi connectivity index (χ2n) is 6.33. The standard InChI is InChI=1S/C17H23FN2O4/c1-23-16-3-2-11(6-15(16)18)17(22)19-12-7-13-10-24-14(4-5-21)9-20(13)8-12/h2-3,6,12-14,21H,4-5,7-10H2,1H3,(H,19,22)/t12-,13+,14+/m1/s1. The highest BCUT2D eigenvalue weighted by Crippen LogP contribution is 2.25. The zero-order valence-corrected chi connectivity index (χ0v) is 13.7. The lowest BCUT2D eigenvalue weighted by atomic mass is 10.1. The quantitative estimate of drug-likeness (QED) is 0.831. The molecule has 1 amide bonds. The van der Waals surface area contributed by atoms with E-state index in [9.17, 15) is 9.18 Å². The van der Waals surface area contributed by atoms with Crippen LogP contribution >= 0.6 is 0 Å². The van der Waals surface area contributed by atoms with Crippen LogP contribution in [0.1, 0.15) is 23.2 Å². The number of fused-ring (bicyclic) bond motifs is 1. The third-order valence-electron chi connectivity index (χ3n) is 4.69. The van der Waals surface area contributed by atoms with Gasteiger partial charge in [-0.2, -0.15) is 0 Å². The topological polar surface area (TPSA) is 71.0 Å². The fourth-order valence-corrected chi connectivity index (χ4v) is 3.44. The van der Waals surface area contributed by atoms with Crippen molar-refractivity contribution in [2.45, 2.75) is 31.0 Å². The van der Waals surface area contributed by atoms with E-state index < -0.39 is 5.82 Å². The summed E-state index contributed by atoms with van der Waals surface area (Å²) in [6.07, 6.45) is 1.50. The lowest BCUT2D eigenvalue weighted by molar-refractivity contribution is -0.0566. The van der Waals surface area contributed by atoms with E-state index in [1.165, 1.54) is 19.2 Å². The van der Waals surface area contributed by atoms with Crippen molar-refractivity contribution >= 4 is 5.91 Å². The molecule has 3 rings (SSSR count). The molecule has 2 aliphatic rings. The van der Waals surface area contributed by atoms with Crippen LogP contribution in [0.25, 0.3) is 0 Å². The number of nitrogens with zero attached hydrogens (tertiary/aromatic N) is 1. The van der Waals surface area contributed by atoms with Crippen LogP contribution in [0.2, 0.25) is 0 Å². The minimum absolute atomic E-state index is 0.0177. The third kappa shape index (κ3) is 3.68. The Kier molecular flexibility index (Phi) is 5.33. The number of methoxy groups -OCH3 is 1. The van der Waals surface area contributed by atoms with Crippen molar-refractivity contribution in [1.29, 1.82) is 0 Å². The van der Waals surface area contributed by atoms with Crippen LogP contribution in [0.4, 0.5) is 4.39 Å². The Morgan fingerprint density at radius 1 is 1.50 bits per heavy atom. The van der Waals surface area contributed by atoms with Crippen molar-refractivity contribution in [3.8, 4) is 5.75 Å². The first-order valence-corrected chi connectivity index (χ1v) is 8.21. The molecule has 1 aromatic carbocycles. The number of aliphatic hydroxyl groups is 1. The van der Waals surface area contributed by atoms with Crippen molar-refractivity contribution in [2.75, 3.05) is 33.4 Å². The summed E-state index contributed by atoms with van der Waals surface area (Å²) in [6, 6.07) is 4.51. The predicted octanol–water partition coefficient (Wildman–Crippen LogP) is 0.788. The first-order valence-electron chi connectivity index (χ1n) is 8.21. The molecule has 2 N–H and O–H groups in total. The highest BCUT2D eigenvalue weighted by atomic mass is 19.1. The van der Waals surface area contributed by atoms with Gasteiger partial charge in [0.25, 0.3) is 5.91 Å². The number of hydrogen-bond donors (Lipinski definition) is 2. The summed E-state index contributed by atoms with van der Waals surface area (Å²) in [5.41, 5.74) is 0.285. The van der Waals surface area contributed by atoms with Crippen LogP contribution in [0.5, 0.6) is 5.75 Å². The summed E-state index contributed by atoms with van der Waals surface area (Å²) in [7, 11) is 1.39. The van der Waals surface area contributed by atoms with Gasteiger partial charge in [-0.3, -0.25) is 9.69 Å².